The molecule has 0 spiro atoms. The molecule has 0 bridgehead atoms. The summed E-state index contributed by atoms with van der Waals surface area (Å²) in [7, 11) is 1.27. The summed E-state index contributed by atoms with van der Waals surface area (Å²) in [6, 6.07) is 14.4. The number of urea groups is 1. The van der Waals surface area contributed by atoms with Crippen LogP contribution in [0.25, 0.3) is 0 Å². The van der Waals surface area contributed by atoms with Gasteiger partial charge in [0.1, 0.15) is 19.0 Å². The number of rotatable bonds is 13. The Morgan fingerprint density at radius 3 is 2.60 bits per heavy atom. The summed E-state index contributed by atoms with van der Waals surface area (Å²) in [5, 5.41) is 21.0. The number of carbonyl (C=O) groups excluding carboxylic acids is 2. The number of aliphatic hydroxyl groups is 1. The van der Waals surface area contributed by atoms with Crippen molar-refractivity contribution in [1.29, 1.82) is 0 Å². The highest BCUT2D eigenvalue weighted by atomic mass is 79.9. The number of ether oxygens (including phenoxy) is 4. The summed E-state index contributed by atoms with van der Waals surface area (Å²) in [5.41, 5.74) is 5.27. The third-order valence-electron chi connectivity index (χ3n) is 6.47. The van der Waals surface area contributed by atoms with Gasteiger partial charge in [0.2, 0.25) is 0 Å². The van der Waals surface area contributed by atoms with Gasteiger partial charge in [-0.1, -0.05) is 51.3 Å². The van der Waals surface area contributed by atoms with Gasteiger partial charge in [-0.25, -0.2) is 9.59 Å². The lowest BCUT2D eigenvalue weighted by atomic mass is 9.95. The van der Waals surface area contributed by atoms with Crippen molar-refractivity contribution in [2.24, 2.45) is 5.10 Å². The number of amides is 2. The quantitative estimate of drug-likeness (QED) is 0.0746. The average molecular weight is 722 g/mol. The fourth-order valence-electron chi connectivity index (χ4n) is 4.36. The number of esters is 1. The topological polar surface area (TPSA) is 140 Å². The predicted octanol–water partition coefficient (Wildman–Crippen LogP) is 5.86. The Morgan fingerprint density at radius 2 is 1.87 bits per heavy atom. The van der Waals surface area contributed by atoms with Crippen molar-refractivity contribution in [2.45, 2.75) is 32.7 Å². The second-order valence-electron chi connectivity index (χ2n) is 9.62. The summed E-state index contributed by atoms with van der Waals surface area (Å²) in [5.74, 6) is 0.671. The van der Waals surface area contributed by atoms with E-state index in [1.165, 1.54) is 13.3 Å². The van der Waals surface area contributed by atoms with Gasteiger partial charge < -0.3 is 34.7 Å². The second kappa shape index (κ2) is 15.8. The fraction of sp³-hybridized carbons (Fsp3) is 0.258. The van der Waals surface area contributed by atoms with Crippen molar-refractivity contribution in [3.63, 3.8) is 0 Å². The zero-order valence-corrected chi connectivity index (χ0v) is 27.6. The van der Waals surface area contributed by atoms with Crippen LogP contribution in [0, 0.1) is 0 Å². The highest BCUT2D eigenvalue weighted by Crippen LogP contribution is 2.35. The third kappa shape index (κ3) is 9.04. The molecule has 0 fully saturated rings. The molecule has 1 aliphatic heterocycles. The molecule has 4 N–H and O–H groups in total. The number of allylic oxidation sites excluding steroid dienone is 1. The maximum atomic E-state index is 12.5. The molecule has 0 saturated carbocycles. The van der Waals surface area contributed by atoms with Crippen LogP contribution < -0.4 is 30.3 Å². The molecule has 0 unspecified atom stereocenters. The molecule has 1 aliphatic rings. The van der Waals surface area contributed by atoms with Crippen LogP contribution in [0.3, 0.4) is 0 Å². The number of hydrogen-bond donors (Lipinski definition) is 4. The molecule has 11 nitrogen and oxygen atoms in total. The molecule has 3 aromatic carbocycles. The minimum atomic E-state index is -1.18. The Morgan fingerprint density at radius 1 is 1.09 bits per heavy atom. The van der Waals surface area contributed by atoms with Gasteiger partial charge in [0.15, 0.2) is 17.7 Å². The fourth-order valence-corrected chi connectivity index (χ4v) is 5.20. The van der Waals surface area contributed by atoms with E-state index in [0.717, 1.165) is 10.0 Å². The normalized spacial score (nSPS) is 15.3. The minimum absolute atomic E-state index is 0.176. The molecular weight excluding hydrogens is 691 g/mol. The number of benzene rings is 3. The van der Waals surface area contributed by atoms with Gasteiger partial charge in [0.25, 0.3) is 0 Å². The number of halogens is 3. The van der Waals surface area contributed by atoms with Crippen LogP contribution in [0.2, 0.25) is 10.0 Å². The van der Waals surface area contributed by atoms with E-state index in [1.807, 2.05) is 19.1 Å². The Hall–Kier alpha value is -3.97. The first-order valence-corrected chi connectivity index (χ1v) is 15.2. The van der Waals surface area contributed by atoms with Crippen LogP contribution in [0.15, 0.2) is 75.4 Å². The average Bonchev–Trinajstić information content (AvgIpc) is 3.00. The van der Waals surface area contributed by atoms with Gasteiger partial charge >= 0.3 is 12.0 Å². The van der Waals surface area contributed by atoms with Gasteiger partial charge in [0, 0.05) is 31.3 Å². The van der Waals surface area contributed by atoms with Crippen LogP contribution in [0.5, 0.6) is 17.2 Å². The molecule has 14 heteroatoms. The Balaban J connectivity index is 1.41. The van der Waals surface area contributed by atoms with E-state index < -0.39 is 24.3 Å². The highest BCUT2D eigenvalue weighted by Gasteiger charge is 2.32. The van der Waals surface area contributed by atoms with Crippen molar-refractivity contribution >= 4 is 57.3 Å². The molecule has 4 rings (SSSR count). The summed E-state index contributed by atoms with van der Waals surface area (Å²) in [6.07, 6.45) is 0.328. The smallest absolute Gasteiger partial charge is 0.337 e. The second-order valence-corrected chi connectivity index (χ2v) is 11.4. The van der Waals surface area contributed by atoms with Crippen molar-refractivity contribution < 1.29 is 33.6 Å². The van der Waals surface area contributed by atoms with Crippen molar-refractivity contribution in [3.05, 3.63) is 97.1 Å². The van der Waals surface area contributed by atoms with Crippen molar-refractivity contribution in [1.82, 2.24) is 16.1 Å². The monoisotopic (exact) mass is 720 g/mol. The van der Waals surface area contributed by atoms with Gasteiger partial charge in [-0.05, 0) is 61.9 Å². The molecule has 0 radical (unpaired) electrons. The summed E-state index contributed by atoms with van der Waals surface area (Å²) in [4.78, 5) is 24.6. The lowest BCUT2D eigenvalue weighted by molar-refractivity contribution is -0.136. The molecule has 0 aliphatic carbocycles. The largest absolute Gasteiger partial charge is 0.490 e. The maximum absolute atomic E-state index is 12.5. The maximum Gasteiger partial charge on any atom is 0.337 e. The molecule has 1 heterocycles. The number of hydrogen-bond acceptors (Lipinski definition) is 9. The third-order valence-corrected chi connectivity index (χ3v) is 7.55. The van der Waals surface area contributed by atoms with Crippen LogP contribution in [0.4, 0.5) is 4.79 Å². The molecule has 45 heavy (non-hydrogen) atoms. The summed E-state index contributed by atoms with van der Waals surface area (Å²) >= 11 is 15.7. The summed E-state index contributed by atoms with van der Waals surface area (Å²) in [6.45, 7) is 3.79. The molecule has 0 aromatic heterocycles. The number of carbonyl (C=O) groups is 2. The Bertz CT molecular complexity index is 1620. The predicted molar refractivity (Wildman–Crippen MR) is 174 cm³/mol. The van der Waals surface area contributed by atoms with Gasteiger partial charge in [-0.2, -0.15) is 5.10 Å². The van der Waals surface area contributed by atoms with Gasteiger partial charge in [-0.15, -0.1) is 0 Å². The van der Waals surface area contributed by atoms with Gasteiger partial charge in [-0.3, -0.25) is 5.43 Å². The van der Waals surface area contributed by atoms with E-state index in [-0.39, 0.29) is 18.8 Å². The standard InChI is InChI=1S/C31H31BrCl2N4O7/c1-4-43-26-12-18(29-28(30(40)42-3)17(2)36-31(41)37-29)6-9-25(26)45-16-27(39)38-35-14-20-11-21(32)7-10-24(20)44-15-19-5-8-22(33)13-23(19)34/h5-14,27,29,38-39H,4,15-16H2,1-3H3,(H2,36,37,41)/b35-14-/t27-,29-/m0/s1. The van der Waals surface area contributed by atoms with E-state index >= 15 is 0 Å². The molecule has 2 atom stereocenters. The van der Waals surface area contributed by atoms with Crippen LogP contribution in [-0.4, -0.2) is 49.9 Å². The number of methoxy groups -OCH3 is 1. The Kier molecular flexibility index (Phi) is 11.9. The lowest BCUT2D eigenvalue weighted by Gasteiger charge is -2.28. The van der Waals surface area contributed by atoms with Crippen LogP contribution in [0.1, 0.15) is 36.6 Å². The number of nitrogens with zero attached hydrogens (tertiary/aromatic N) is 1. The number of hydrazone groups is 1. The Labute approximate surface area is 278 Å². The zero-order valence-electron chi connectivity index (χ0n) is 24.5. The van der Waals surface area contributed by atoms with Crippen LogP contribution in [-0.2, 0) is 16.1 Å². The van der Waals surface area contributed by atoms with E-state index in [2.05, 4.69) is 37.1 Å². The first-order valence-electron chi connectivity index (χ1n) is 13.7. The highest BCUT2D eigenvalue weighted by molar-refractivity contribution is 9.10. The summed E-state index contributed by atoms with van der Waals surface area (Å²) < 4.78 is 23.3. The van der Waals surface area contributed by atoms with E-state index in [0.29, 0.717) is 50.7 Å². The molecule has 0 saturated heterocycles. The SMILES string of the molecule is CCOc1cc([C@@H]2NC(=O)NC(C)=C2C(=O)OC)ccc1OC[C@H](O)N/N=C\c1cc(Br)ccc1OCc1ccc(Cl)cc1Cl. The molecule has 2 amide bonds. The first-order chi connectivity index (χ1) is 21.6. The van der Waals surface area contributed by atoms with Crippen LogP contribution >= 0.6 is 39.1 Å². The van der Waals surface area contributed by atoms with Crippen molar-refractivity contribution in [2.75, 3.05) is 20.3 Å². The van der Waals surface area contributed by atoms with E-state index in [4.69, 9.17) is 42.1 Å². The molecule has 3 aromatic rings. The zero-order chi connectivity index (χ0) is 32.5. The lowest BCUT2D eigenvalue weighted by Crippen LogP contribution is -2.45. The van der Waals surface area contributed by atoms with E-state index in [9.17, 15) is 14.7 Å². The minimum Gasteiger partial charge on any atom is -0.490 e. The van der Waals surface area contributed by atoms with Gasteiger partial charge in [0.05, 0.1) is 31.5 Å². The first kappa shape index (κ1) is 33.9. The molecule has 238 valence electrons. The number of aliphatic hydroxyl groups excluding tert-OH is 1. The van der Waals surface area contributed by atoms with Crippen molar-refractivity contribution in [3.8, 4) is 17.2 Å². The van der Waals surface area contributed by atoms with E-state index in [1.54, 1.807) is 49.4 Å². The molecular formula is C31H31BrCl2N4O7. The number of nitrogens with one attached hydrogen (secondary N) is 3.